The Hall–Kier alpha value is -0.480. The summed E-state index contributed by atoms with van der Waals surface area (Å²) in [5.41, 5.74) is 0.747. The van der Waals surface area contributed by atoms with Crippen molar-refractivity contribution in [2.75, 3.05) is 20.3 Å². The Balaban J connectivity index is 2.12. The molecule has 1 heterocycles. The molecule has 1 N–H and O–H groups in total. The van der Waals surface area contributed by atoms with Crippen LogP contribution >= 0.6 is 23.2 Å². The van der Waals surface area contributed by atoms with Crippen LogP contribution in [0.3, 0.4) is 0 Å². The summed E-state index contributed by atoms with van der Waals surface area (Å²) in [5.74, 6) is 0.113. The maximum Gasteiger partial charge on any atom is 0.138 e. The lowest BCUT2D eigenvalue weighted by atomic mass is 10.1. The molecule has 0 aromatic heterocycles. The molecule has 2 rings (SSSR count). The Morgan fingerprint density at radius 2 is 2.24 bits per heavy atom. The van der Waals surface area contributed by atoms with Gasteiger partial charge in [0, 0.05) is 29.8 Å². The van der Waals surface area contributed by atoms with Gasteiger partial charge >= 0.3 is 0 Å². The van der Waals surface area contributed by atoms with Gasteiger partial charge in [0.15, 0.2) is 0 Å². The van der Waals surface area contributed by atoms with E-state index in [-0.39, 0.29) is 5.75 Å². The van der Waals surface area contributed by atoms with Crippen molar-refractivity contribution in [2.45, 2.75) is 19.0 Å². The van der Waals surface area contributed by atoms with Crippen LogP contribution in [0.15, 0.2) is 12.1 Å². The molecule has 1 aromatic rings. The number of halogens is 2. The fourth-order valence-corrected chi connectivity index (χ4v) is 2.54. The van der Waals surface area contributed by atoms with Crippen LogP contribution in [0.2, 0.25) is 10.0 Å². The lowest BCUT2D eigenvalue weighted by Gasteiger charge is -2.23. The highest BCUT2D eigenvalue weighted by Gasteiger charge is 2.21. The lowest BCUT2D eigenvalue weighted by molar-refractivity contribution is 0.156. The van der Waals surface area contributed by atoms with Gasteiger partial charge in [0.25, 0.3) is 0 Å². The first kappa shape index (κ1) is 13.0. The Morgan fingerprint density at radius 1 is 1.47 bits per heavy atom. The van der Waals surface area contributed by atoms with Gasteiger partial charge in [-0.1, -0.05) is 23.2 Å². The maximum absolute atomic E-state index is 9.87. The van der Waals surface area contributed by atoms with E-state index in [1.165, 1.54) is 0 Å². The quantitative estimate of drug-likeness (QED) is 0.921. The van der Waals surface area contributed by atoms with Crippen molar-refractivity contribution in [1.29, 1.82) is 0 Å². The number of ether oxygens (including phenoxy) is 1. The Labute approximate surface area is 111 Å². The average Bonchev–Trinajstić information content (AvgIpc) is 2.78. The van der Waals surface area contributed by atoms with E-state index in [4.69, 9.17) is 27.9 Å². The minimum atomic E-state index is 0.113. The van der Waals surface area contributed by atoms with E-state index in [1.54, 1.807) is 12.1 Å². The third-order valence-corrected chi connectivity index (χ3v) is 3.56. The maximum atomic E-state index is 9.87. The molecule has 1 saturated heterocycles. The smallest absolute Gasteiger partial charge is 0.138 e. The SMILES string of the molecule is CN(Cc1cc(Cl)cc(Cl)c1O)C1CCOC1. The van der Waals surface area contributed by atoms with Gasteiger partial charge in [0.05, 0.1) is 11.6 Å². The number of phenolic OH excluding ortho intramolecular Hbond substituents is 1. The largest absolute Gasteiger partial charge is 0.506 e. The van der Waals surface area contributed by atoms with Crippen molar-refractivity contribution in [1.82, 2.24) is 4.90 Å². The van der Waals surface area contributed by atoms with Crippen LogP contribution in [-0.4, -0.2) is 36.3 Å². The zero-order valence-electron chi connectivity index (χ0n) is 9.62. The summed E-state index contributed by atoms with van der Waals surface area (Å²) in [5, 5.41) is 10.7. The summed E-state index contributed by atoms with van der Waals surface area (Å²) in [4.78, 5) is 2.15. The van der Waals surface area contributed by atoms with Gasteiger partial charge in [-0.15, -0.1) is 0 Å². The third kappa shape index (κ3) is 3.05. The fourth-order valence-electron chi connectivity index (χ4n) is 2.01. The Morgan fingerprint density at radius 3 is 2.88 bits per heavy atom. The highest BCUT2D eigenvalue weighted by Crippen LogP contribution is 2.32. The summed E-state index contributed by atoms with van der Waals surface area (Å²) in [6, 6.07) is 3.68. The van der Waals surface area contributed by atoms with Gasteiger partial charge in [-0.25, -0.2) is 0 Å². The summed E-state index contributed by atoms with van der Waals surface area (Å²) < 4.78 is 5.34. The van der Waals surface area contributed by atoms with Crippen molar-refractivity contribution in [2.24, 2.45) is 0 Å². The fraction of sp³-hybridized carbons (Fsp3) is 0.500. The third-order valence-electron chi connectivity index (χ3n) is 3.06. The van der Waals surface area contributed by atoms with Crippen LogP contribution in [0, 0.1) is 0 Å². The second-order valence-corrected chi connectivity index (χ2v) is 5.17. The van der Waals surface area contributed by atoms with Gasteiger partial charge in [0.1, 0.15) is 5.75 Å². The van der Waals surface area contributed by atoms with Crippen LogP contribution in [-0.2, 0) is 11.3 Å². The van der Waals surface area contributed by atoms with Crippen LogP contribution in [0.1, 0.15) is 12.0 Å². The lowest BCUT2D eigenvalue weighted by Crippen LogP contribution is -2.31. The number of hydrogen-bond acceptors (Lipinski definition) is 3. The molecule has 0 bridgehead atoms. The van der Waals surface area contributed by atoms with Crippen molar-refractivity contribution in [3.63, 3.8) is 0 Å². The molecule has 5 heteroatoms. The molecule has 0 spiro atoms. The summed E-state index contributed by atoms with van der Waals surface area (Å²) in [6.45, 7) is 2.16. The van der Waals surface area contributed by atoms with Gasteiger partial charge in [-0.05, 0) is 25.6 Å². The van der Waals surface area contributed by atoms with Crippen molar-refractivity contribution in [3.05, 3.63) is 27.7 Å². The van der Waals surface area contributed by atoms with E-state index in [2.05, 4.69) is 4.90 Å². The van der Waals surface area contributed by atoms with Crippen molar-refractivity contribution >= 4 is 23.2 Å². The number of hydrogen-bond donors (Lipinski definition) is 1. The number of nitrogens with zero attached hydrogens (tertiary/aromatic N) is 1. The van der Waals surface area contributed by atoms with Gasteiger partial charge in [-0.2, -0.15) is 0 Å². The zero-order chi connectivity index (χ0) is 12.4. The molecule has 1 aliphatic rings. The Kier molecular flexibility index (Phi) is 4.15. The highest BCUT2D eigenvalue weighted by atomic mass is 35.5. The number of phenols is 1. The first-order valence-corrected chi connectivity index (χ1v) is 6.28. The van der Waals surface area contributed by atoms with Gasteiger partial charge < -0.3 is 9.84 Å². The van der Waals surface area contributed by atoms with E-state index < -0.39 is 0 Å². The molecule has 3 nitrogen and oxygen atoms in total. The van der Waals surface area contributed by atoms with Crippen LogP contribution < -0.4 is 0 Å². The standard InChI is InChI=1S/C12H15Cl2NO2/c1-15(10-2-3-17-7-10)6-8-4-9(13)5-11(14)12(8)16/h4-5,10,16H,2-3,6-7H2,1H3. The molecule has 0 aliphatic carbocycles. The molecule has 94 valence electrons. The monoisotopic (exact) mass is 275 g/mol. The highest BCUT2D eigenvalue weighted by molar-refractivity contribution is 6.35. The molecule has 0 radical (unpaired) electrons. The molecule has 1 aromatic carbocycles. The normalized spacial score (nSPS) is 20.1. The first-order valence-electron chi connectivity index (χ1n) is 5.53. The van der Waals surface area contributed by atoms with Gasteiger partial charge in [0.2, 0.25) is 0 Å². The average molecular weight is 276 g/mol. The van der Waals surface area contributed by atoms with E-state index in [0.717, 1.165) is 25.2 Å². The summed E-state index contributed by atoms with van der Waals surface area (Å²) in [6.07, 6.45) is 1.02. The molecule has 0 amide bonds. The van der Waals surface area contributed by atoms with Gasteiger partial charge in [-0.3, -0.25) is 4.90 Å². The minimum absolute atomic E-state index is 0.113. The molecule has 17 heavy (non-hydrogen) atoms. The van der Waals surface area contributed by atoms with Crippen LogP contribution in [0.25, 0.3) is 0 Å². The van der Waals surface area contributed by atoms with E-state index in [0.29, 0.717) is 22.6 Å². The molecule has 1 fully saturated rings. The summed E-state index contributed by atoms with van der Waals surface area (Å²) >= 11 is 11.8. The number of benzene rings is 1. The first-order chi connectivity index (χ1) is 8.08. The number of rotatable bonds is 3. The molecule has 0 saturated carbocycles. The predicted molar refractivity (Wildman–Crippen MR) is 68.8 cm³/mol. The van der Waals surface area contributed by atoms with Crippen molar-refractivity contribution in [3.8, 4) is 5.75 Å². The van der Waals surface area contributed by atoms with E-state index >= 15 is 0 Å². The van der Waals surface area contributed by atoms with Crippen molar-refractivity contribution < 1.29 is 9.84 Å². The molecule has 1 aliphatic heterocycles. The molecular formula is C12H15Cl2NO2. The second-order valence-electron chi connectivity index (χ2n) is 4.33. The van der Waals surface area contributed by atoms with Crippen LogP contribution in [0.4, 0.5) is 0 Å². The van der Waals surface area contributed by atoms with E-state index in [9.17, 15) is 5.11 Å². The number of aromatic hydroxyl groups is 1. The predicted octanol–water partition coefficient (Wildman–Crippen LogP) is 2.92. The molecule has 1 atom stereocenters. The van der Waals surface area contributed by atoms with Crippen LogP contribution in [0.5, 0.6) is 5.75 Å². The zero-order valence-corrected chi connectivity index (χ0v) is 11.1. The molecule has 1 unspecified atom stereocenters. The topological polar surface area (TPSA) is 32.7 Å². The summed E-state index contributed by atoms with van der Waals surface area (Å²) in [7, 11) is 2.01. The Bertz CT molecular complexity index is 406. The number of likely N-dealkylation sites (N-methyl/N-ethyl adjacent to an activating group) is 1. The molecular weight excluding hydrogens is 261 g/mol. The van der Waals surface area contributed by atoms with E-state index in [1.807, 2.05) is 7.05 Å². The minimum Gasteiger partial charge on any atom is -0.506 e. The second kappa shape index (κ2) is 5.44.